The maximum absolute atomic E-state index is 10.6. The Morgan fingerprint density at radius 1 is 0.619 bits per heavy atom. The second-order valence-corrected chi connectivity index (χ2v) is 5.26. The van der Waals surface area contributed by atoms with Gasteiger partial charge in [-0.05, 0) is 38.5 Å². The van der Waals surface area contributed by atoms with Crippen LogP contribution in [0.15, 0.2) is 0 Å². The van der Waals surface area contributed by atoms with Crippen molar-refractivity contribution < 1.29 is 19.8 Å². The van der Waals surface area contributed by atoms with Crippen molar-refractivity contribution in [3.05, 3.63) is 0 Å². The number of hydrogen-bond acceptors (Lipinski definition) is 4. The van der Waals surface area contributed by atoms with E-state index in [1.807, 2.05) is 41.5 Å². The van der Waals surface area contributed by atoms with Gasteiger partial charge in [0.15, 0.2) is 0 Å². The average Bonchev–Trinajstić information content (AvgIpc) is 2.44. The Bertz CT molecular complexity index is 248. The molecular weight excluding hydrogens is 394 g/mol. The van der Waals surface area contributed by atoms with Gasteiger partial charge in [0.25, 0.3) is 0 Å². The largest absolute Gasteiger partial charge is 2.00 e. The summed E-state index contributed by atoms with van der Waals surface area (Å²) in [6, 6.07) is 0. The van der Waals surface area contributed by atoms with Gasteiger partial charge in [0.05, 0.1) is 0 Å². The zero-order valence-corrected chi connectivity index (χ0v) is 19.0. The number of aliphatic carboxylic acids is 2. The van der Waals surface area contributed by atoms with E-state index in [1.165, 1.54) is 0 Å². The summed E-state index contributed by atoms with van der Waals surface area (Å²) in [5.74, 6) is -1.81. The van der Waals surface area contributed by atoms with E-state index in [4.69, 9.17) is 0 Å². The van der Waals surface area contributed by atoms with E-state index in [9.17, 15) is 19.8 Å². The van der Waals surface area contributed by atoms with E-state index in [2.05, 4.69) is 0 Å². The molecule has 0 aromatic heterocycles. The van der Waals surface area contributed by atoms with Crippen molar-refractivity contribution in [1.82, 2.24) is 0 Å². The smallest absolute Gasteiger partial charge is 0.550 e. The number of carbonyl (C=O) groups is 2. The first-order valence-corrected chi connectivity index (χ1v) is 7.68. The summed E-state index contributed by atoms with van der Waals surface area (Å²) >= 11 is 0. The maximum atomic E-state index is 10.6. The summed E-state index contributed by atoms with van der Waals surface area (Å²) in [4.78, 5) is 21.2. The summed E-state index contributed by atoms with van der Waals surface area (Å²) in [5.41, 5.74) is -1.14. The van der Waals surface area contributed by atoms with Crippen molar-refractivity contribution in [2.24, 2.45) is 10.8 Å². The van der Waals surface area contributed by atoms with Gasteiger partial charge in [-0.3, -0.25) is 0 Å². The molecule has 0 rings (SSSR count). The minimum absolute atomic E-state index is 0. The molecule has 21 heavy (non-hydrogen) atoms. The fourth-order valence-corrected chi connectivity index (χ4v) is 2.37. The van der Waals surface area contributed by atoms with Crippen LogP contribution in [-0.4, -0.2) is 60.8 Å². The molecule has 5 heteroatoms. The van der Waals surface area contributed by atoms with Gasteiger partial charge in [0, 0.05) is 22.8 Å². The Labute approximate surface area is 170 Å². The van der Waals surface area contributed by atoms with Gasteiger partial charge in [-0.15, -0.1) is 0 Å². The summed E-state index contributed by atoms with van der Waals surface area (Å²) in [6.45, 7) is 11.3. The molecule has 0 aromatic rings. The molecule has 0 amide bonds. The molecule has 0 aromatic carbocycles. The first-order chi connectivity index (χ1) is 9.25. The van der Waals surface area contributed by atoms with Gasteiger partial charge in [-0.25, -0.2) is 0 Å². The molecule has 4 nitrogen and oxygen atoms in total. The molecule has 0 radical (unpaired) electrons. The van der Waals surface area contributed by atoms with Crippen molar-refractivity contribution in [1.29, 1.82) is 0 Å². The number of hydrogen-bond donors (Lipinski definition) is 0. The second kappa shape index (κ2) is 13.0. The van der Waals surface area contributed by atoms with Crippen LogP contribution in [0.25, 0.3) is 0 Å². The standard InChI is InChI=1S/2C8H16O2.Ba/c2*1-4-8(5-2,6-3)7(9)10;/h2*4-6H2,1-3H3,(H,9,10);/q;;+2/p-2. The number of carbonyl (C=O) groups excluding carboxylic acids is 2. The zero-order chi connectivity index (χ0) is 16.4. The van der Waals surface area contributed by atoms with Crippen molar-refractivity contribution >= 4 is 60.8 Å². The zero-order valence-electron chi connectivity index (χ0n) is 14.6. The normalized spacial score (nSPS) is 11.0. The molecule has 120 valence electrons. The van der Waals surface area contributed by atoms with E-state index >= 15 is 0 Å². The Morgan fingerprint density at radius 2 is 0.762 bits per heavy atom. The Balaban J connectivity index is -0.000000295. The molecular formula is C16H30BaO4. The van der Waals surface area contributed by atoms with Crippen LogP contribution in [0.4, 0.5) is 0 Å². The van der Waals surface area contributed by atoms with Crippen LogP contribution in [0.1, 0.15) is 80.1 Å². The first-order valence-electron chi connectivity index (χ1n) is 7.68. The monoisotopic (exact) mass is 424 g/mol. The van der Waals surface area contributed by atoms with Gasteiger partial charge in [-0.1, -0.05) is 41.5 Å². The van der Waals surface area contributed by atoms with Crippen LogP contribution >= 0.6 is 0 Å². The number of carboxylic acids is 2. The predicted octanol–water partition coefficient (Wildman–Crippen LogP) is 1.52. The fraction of sp³-hybridized carbons (Fsp3) is 0.875. The molecule has 0 aliphatic heterocycles. The van der Waals surface area contributed by atoms with Crippen LogP contribution in [-0.2, 0) is 9.59 Å². The van der Waals surface area contributed by atoms with Crippen LogP contribution in [0.5, 0.6) is 0 Å². The molecule has 0 bridgehead atoms. The van der Waals surface area contributed by atoms with E-state index in [0.717, 1.165) is 0 Å². The van der Waals surface area contributed by atoms with Gasteiger partial charge >= 0.3 is 48.9 Å². The molecule has 0 unspecified atom stereocenters. The number of carboxylic acid groups (broad SMARTS) is 2. The third-order valence-corrected chi connectivity index (χ3v) is 4.93. The summed E-state index contributed by atoms with van der Waals surface area (Å²) in [5, 5.41) is 21.2. The predicted molar refractivity (Wildman–Crippen MR) is 82.4 cm³/mol. The topological polar surface area (TPSA) is 80.3 Å². The Hall–Kier alpha value is 0.511. The molecule has 0 fully saturated rings. The van der Waals surface area contributed by atoms with E-state index < -0.39 is 22.8 Å². The van der Waals surface area contributed by atoms with Crippen molar-refractivity contribution in [2.75, 3.05) is 0 Å². The SMILES string of the molecule is CCC(CC)(CC)C(=O)[O-].CCC(CC)(CC)C(=O)[O-].[Ba+2]. The van der Waals surface area contributed by atoms with Gasteiger partial charge in [-0.2, -0.15) is 0 Å². The van der Waals surface area contributed by atoms with E-state index in [0.29, 0.717) is 38.5 Å². The third-order valence-electron chi connectivity index (χ3n) is 4.93. The summed E-state index contributed by atoms with van der Waals surface area (Å²) in [7, 11) is 0. The van der Waals surface area contributed by atoms with Crippen LogP contribution < -0.4 is 10.2 Å². The van der Waals surface area contributed by atoms with Crippen molar-refractivity contribution in [3.63, 3.8) is 0 Å². The molecule has 0 aliphatic carbocycles. The third kappa shape index (κ3) is 7.55. The van der Waals surface area contributed by atoms with Gasteiger partial charge in [0.2, 0.25) is 0 Å². The number of rotatable bonds is 8. The quantitative estimate of drug-likeness (QED) is 0.554. The first kappa shape index (κ1) is 26.4. The molecule has 0 N–H and O–H groups in total. The van der Waals surface area contributed by atoms with Crippen molar-refractivity contribution in [2.45, 2.75) is 80.1 Å². The van der Waals surface area contributed by atoms with E-state index in [1.54, 1.807) is 0 Å². The molecule has 0 saturated heterocycles. The van der Waals surface area contributed by atoms with Crippen LogP contribution in [0, 0.1) is 10.8 Å². The van der Waals surface area contributed by atoms with Crippen LogP contribution in [0.3, 0.4) is 0 Å². The Kier molecular flexibility index (Phi) is 16.3. The maximum Gasteiger partial charge on any atom is 2.00 e. The van der Waals surface area contributed by atoms with E-state index in [-0.39, 0.29) is 48.9 Å². The minimum atomic E-state index is -0.903. The second-order valence-electron chi connectivity index (χ2n) is 5.26. The molecule has 0 heterocycles. The molecule has 0 saturated carbocycles. The van der Waals surface area contributed by atoms with Gasteiger partial charge in [0.1, 0.15) is 0 Å². The molecule has 0 aliphatic rings. The average molecular weight is 424 g/mol. The minimum Gasteiger partial charge on any atom is -0.550 e. The Morgan fingerprint density at radius 3 is 0.762 bits per heavy atom. The summed E-state index contributed by atoms with van der Waals surface area (Å²) < 4.78 is 0. The van der Waals surface area contributed by atoms with Gasteiger partial charge < -0.3 is 19.8 Å². The molecule has 0 spiro atoms. The van der Waals surface area contributed by atoms with Crippen LogP contribution in [0.2, 0.25) is 0 Å². The van der Waals surface area contributed by atoms with Crippen molar-refractivity contribution in [3.8, 4) is 0 Å². The fourth-order valence-electron chi connectivity index (χ4n) is 2.37. The summed E-state index contributed by atoms with van der Waals surface area (Å²) in [6.07, 6.45) is 4.01. The molecule has 0 atom stereocenters.